The summed E-state index contributed by atoms with van der Waals surface area (Å²) in [4.78, 5) is 40.6. The number of H-pyrrole nitrogens is 1. The molecule has 7 heteroatoms. The van der Waals surface area contributed by atoms with Crippen molar-refractivity contribution in [3.63, 3.8) is 0 Å². The van der Waals surface area contributed by atoms with Gasteiger partial charge in [0.1, 0.15) is 5.69 Å². The fraction of sp³-hybridized carbons (Fsp3) is 0.611. The van der Waals surface area contributed by atoms with Crippen molar-refractivity contribution in [1.82, 2.24) is 15.2 Å². The summed E-state index contributed by atoms with van der Waals surface area (Å²) in [5.74, 6) is 0.813. The predicted molar refractivity (Wildman–Crippen MR) is 90.7 cm³/mol. The van der Waals surface area contributed by atoms with Gasteiger partial charge >= 0.3 is 0 Å². The van der Waals surface area contributed by atoms with Crippen LogP contribution in [0.25, 0.3) is 0 Å². The summed E-state index contributed by atoms with van der Waals surface area (Å²) in [7, 11) is 0. The number of primary amides is 1. The number of carbonyl (C=O) groups is 3. The standard InChI is InChI=1S/C18H24N4O3/c19-16(23)11-6-15(20-7-11)17(24)21-14-4-12-8-22(9-13(12)5-14)18(25)10-2-1-3-10/h6-7,10,12-14,20H,1-5,8-9H2,(H2,19,23)(H,21,24). The van der Waals surface area contributed by atoms with Gasteiger partial charge in [-0.1, -0.05) is 6.42 Å². The molecule has 7 nitrogen and oxygen atoms in total. The van der Waals surface area contributed by atoms with Crippen molar-refractivity contribution in [3.05, 3.63) is 23.5 Å². The van der Waals surface area contributed by atoms with Crippen LogP contribution in [0.1, 0.15) is 53.0 Å². The highest BCUT2D eigenvalue weighted by Crippen LogP contribution is 2.40. The van der Waals surface area contributed by atoms with Crippen LogP contribution in [-0.2, 0) is 4.79 Å². The zero-order valence-corrected chi connectivity index (χ0v) is 14.2. The number of amides is 3. The molecule has 1 aromatic rings. The van der Waals surface area contributed by atoms with Crippen LogP contribution in [0, 0.1) is 17.8 Å². The van der Waals surface area contributed by atoms with Crippen LogP contribution in [0.2, 0.25) is 0 Å². The fourth-order valence-electron chi connectivity index (χ4n) is 4.44. The molecule has 25 heavy (non-hydrogen) atoms. The van der Waals surface area contributed by atoms with Crippen molar-refractivity contribution < 1.29 is 14.4 Å². The summed E-state index contributed by atoms with van der Waals surface area (Å²) >= 11 is 0. The molecular weight excluding hydrogens is 320 g/mol. The Bertz CT molecular complexity index is 695. The van der Waals surface area contributed by atoms with Gasteiger partial charge in [-0.3, -0.25) is 14.4 Å². The molecule has 0 spiro atoms. The summed E-state index contributed by atoms with van der Waals surface area (Å²) in [5, 5.41) is 3.04. The van der Waals surface area contributed by atoms with E-state index in [1.54, 1.807) is 0 Å². The first kappa shape index (κ1) is 16.2. The van der Waals surface area contributed by atoms with E-state index in [0.717, 1.165) is 38.8 Å². The van der Waals surface area contributed by atoms with Gasteiger partial charge in [0.25, 0.3) is 5.91 Å². The zero-order valence-electron chi connectivity index (χ0n) is 14.2. The molecule has 2 heterocycles. The smallest absolute Gasteiger partial charge is 0.267 e. The van der Waals surface area contributed by atoms with E-state index in [0.29, 0.717) is 29.0 Å². The van der Waals surface area contributed by atoms with E-state index >= 15 is 0 Å². The minimum atomic E-state index is -0.554. The summed E-state index contributed by atoms with van der Waals surface area (Å²) in [6, 6.07) is 1.61. The Balaban J connectivity index is 1.30. The first-order valence-electron chi connectivity index (χ1n) is 9.09. The van der Waals surface area contributed by atoms with Gasteiger partial charge in [0, 0.05) is 31.2 Å². The second kappa shape index (κ2) is 6.20. The monoisotopic (exact) mass is 344 g/mol. The molecule has 2 atom stereocenters. The molecule has 4 N–H and O–H groups in total. The maximum Gasteiger partial charge on any atom is 0.267 e. The molecule has 134 valence electrons. The van der Waals surface area contributed by atoms with Gasteiger partial charge in [-0.25, -0.2) is 0 Å². The highest BCUT2D eigenvalue weighted by atomic mass is 16.2. The highest BCUT2D eigenvalue weighted by Gasteiger charge is 2.44. The number of likely N-dealkylation sites (tertiary alicyclic amines) is 1. The van der Waals surface area contributed by atoms with Gasteiger partial charge in [-0.2, -0.15) is 0 Å². The zero-order chi connectivity index (χ0) is 17.6. The van der Waals surface area contributed by atoms with Crippen molar-refractivity contribution in [3.8, 4) is 0 Å². The summed E-state index contributed by atoms with van der Waals surface area (Å²) < 4.78 is 0. The van der Waals surface area contributed by atoms with Crippen molar-refractivity contribution in [2.75, 3.05) is 13.1 Å². The summed E-state index contributed by atoms with van der Waals surface area (Å²) in [6.07, 6.45) is 6.55. The Hall–Kier alpha value is -2.31. The number of hydrogen-bond donors (Lipinski definition) is 3. The number of nitrogens with two attached hydrogens (primary N) is 1. The Labute approximate surface area is 146 Å². The van der Waals surface area contributed by atoms with E-state index in [1.165, 1.54) is 18.7 Å². The number of nitrogens with zero attached hydrogens (tertiary/aromatic N) is 1. The summed E-state index contributed by atoms with van der Waals surface area (Å²) in [5.41, 5.74) is 5.86. The molecule has 1 saturated heterocycles. The number of fused-ring (bicyclic) bond motifs is 1. The van der Waals surface area contributed by atoms with Crippen molar-refractivity contribution in [2.45, 2.75) is 38.1 Å². The fourth-order valence-corrected chi connectivity index (χ4v) is 4.44. The first-order chi connectivity index (χ1) is 12.0. The van der Waals surface area contributed by atoms with Crippen LogP contribution in [-0.4, -0.2) is 46.7 Å². The molecule has 0 radical (unpaired) electrons. The summed E-state index contributed by atoms with van der Waals surface area (Å²) in [6.45, 7) is 1.67. The molecule has 3 amide bonds. The largest absolute Gasteiger partial charge is 0.366 e. The molecule has 1 aromatic heterocycles. The van der Waals surface area contributed by atoms with Gasteiger partial charge in [0.2, 0.25) is 11.8 Å². The van der Waals surface area contributed by atoms with E-state index in [-0.39, 0.29) is 17.9 Å². The van der Waals surface area contributed by atoms with Gasteiger partial charge in [-0.05, 0) is 43.6 Å². The van der Waals surface area contributed by atoms with E-state index < -0.39 is 5.91 Å². The lowest BCUT2D eigenvalue weighted by Crippen LogP contribution is -2.39. The van der Waals surface area contributed by atoms with Gasteiger partial charge in [-0.15, -0.1) is 0 Å². The number of carbonyl (C=O) groups excluding carboxylic acids is 3. The minimum absolute atomic E-state index is 0.129. The van der Waals surface area contributed by atoms with Crippen LogP contribution in [0.4, 0.5) is 0 Å². The Kier molecular flexibility index (Phi) is 4.01. The van der Waals surface area contributed by atoms with Crippen LogP contribution < -0.4 is 11.1 Å². The van der Waals surface area contributed by atoms with Crippen LogP contribution in [0.3, 0.4) is 0 Å². The molecule has 3 fully saturated rings. The molecule has 3 aliphatic rings. The maximum atomic E-state index is 12.4. The van der Waals surface area contributed by atoms with Crippen molar-refractivity contribution >= 4 is 17.7 Å². The Morgan fingerprint density at radius 3 is 2.36 bits per heavy atom. The van der Waals surface area contributed by atoms with Gasteiger partial charge < -0.3 is 20.9 Å². The third-order valence-electron chi connectivity index (χ3n) is 6.06. The number of aromatic amines is 1. The predicted octanol–water partition coefficient (Wildman–Crippen LogP) is 0.881. The number of hydrogen-bond acceptors (Lipinski definition) is 3. The molecule has 0 aromatic carbocycles. The second-order valence-corrected chi connectivity index (χ2v) is 7.70. The maximum absolute atomic E-state index is 12.4. The molecule has 2 saturated carbocycles. The lowest BCUT2D eigenvalue weighted by atomic mass is 9.84. The lowest BCUT2D eigenvalue weighted by molar-refractivity contribution is -0.137. The van der Waals surface area contributed by atoms with Gasteiger partial charge in [0.15, 0.2) is 0 Å². The van der Waals surface area contributed by atoms with E-state index in [4.69, 9.17) is 5.73 Å². The number of aromatic nitrogens is 1. The molecule has 2 aliphatic carbocycles. The Morgan fingerprint density at radius 2 is 1.84 bits per heavy atom. The van der Waals surface area contributed by atoms with Crippen LogP contribution in [0.15, 0.2) is 12.3 Å². The van der Waals surface area contributed by atoms with Crippen LogP contribution >= 0.6 is 0 Å². The highest BCUT2D eigenvalue weighted by molar-refractivity contribution is 5.98. The van der Waals surface area contributed by atoms with E-state index in [2.05, 4.69) is 10.3 Å². The third kappa shape index (κ3) is 3.03. The van der Waals surface area contributed by atoms with E-state index in [9.17, 15) is 14.4 Å². The molecule has 2 unspecified atom stereocenters. The van der Waals surface area contributed by atoms with Crippen LogP contribution in [0.5, 0.6) is 0 Å². The molecule has 0 bridgehead atoms. The topological polar surface area (TPSA) is 108 Å². The second-order valence-electron chi connectivity index (χ2n) is 7.70. The Morgan fingerprint density at radius 1 is 1.16 bits per heavy atom. The number of rotatable bonds is 4. The molecular formula is C18H24N4O3. The van der Waals surface area contributed by atoms with Gasteiger partial charge in [0.05, 0.1) is 5.56 Å². The third-order valence-corrected chi connectivity index (χ3v) is 6.06. The van der Waals surface area contributed by atoms with Crippen molar-refractivity contribution in [2.24, 2.45) is 23.5 Å². The normalized spacial score (nSPS) is 28.5. The molecule has 1 aliphatic heterocycles. The lowest BCUT2D eigenvalue weighted by Gasteiger charge is -2.29. The minimum Gasteiger partial charge on any atom is -0.366 e. The quantitative estimate of drug-likeness (QED) is 0.754. The number of nitrogens with one attached hydrogen (secondary N) is 2. The first-order valence-corrected chi connectivity index (χ1v) is 9.09. The van der Waals surface area contributed by atoms with Crippen molar-refractivity contribution in [1.29, 1.82) is 0 Å². The average molecular weight is 344 g/mol. The van der Waals surface area contributed by atoms with E-state index in [1.807, 2.05) is 4.90 Å². The average Bonchev–Trinajstić information content (AvgIpc) is 3.18. The molecule has 4 rings (SSSR count). The SMILES string of the molecule is NC(=O)c1c[nH]c(C(=O)NC2CC3CN(C(=O)C4CCC4)CC3C2)c1.